The van der Waals surface area contributed by atoms with Gasteiger partial charge in [0.2, 0.25) is 5.91 Å². The zero-order valence-electron chi connectivity index (χ0n) is 13.8. The van der Waals surface area contributed by atoms with Crippen LogP contribution in [0.2, 0.25) is 10.0 Å². The van der Waals surface area contributed by atoms with Gasteiger partial charge < -0.3 is 10.2 Å². The van der Waals surface area contributed by atoms with Gasteiger partial charge in [0.25, 0.3) is 5.91 Å². The molecule has 1 heterocycles. The van der Waals surface area contributed by atoms with Crippen molar-refractivity contribution in [3.8, 4) is 0 Å². The van der Waals surface area contributed by atoms with Crippen LogP contribution >= 0.6 is 23.2 Å². The van der Waals surface area contributed by atoms with E-state index in [0.717, 1.165) is 0 Å². The quantitative estimate of drug-likeness (QED) is 0.825. The number of amides is 2. The first-order valence-corrected chi connectivity index (χ1v) is 9.00. The molecule has 4 nitrogen and oxygen atoms in total. The predicted octanol–water partition coefficient (Wildman–Crippen LogP) is 4.62. The van der Waals surface area contributed by atoms with Crippen LogP contribution in [0.25, 0.3) is 0 Å². The summed E-state index contributed by atoms with van der Waals surface area (Å²) in [7, 11) is 0. The number of hydrogen-bond acceptors (Lipinski definition) is 2. The molecule has 1 saturated heterocycles. The number of carbonyl (C=O) groups is 2. The van der Waals surface area contributed by atoms with Crippen LogP contribution in [-0.2, 0) is 4.79 Å². The molecule has 136 valence electrons. The van der Waals surface area contributed by atoms with Crippen molar-refractivity contribution in [3.05, 3.63) is 63.9 Å². The molecule has 1 N–H and O–H groups in total. The van der Waals surface area contributed by atoms with Gasteiger partial charge in [0, 0.05) is 30.3 Å². The molecule has 1 aliphatic rings. The molecule has 0 spiro atoms. The van der Waals surface area contributed by atoms with Crippen LogP contribution < -0.4 is 5.32 Å². The number of benzene rings is 2. The summed E-state index contributed by atoms with van der Waals surface area (Å²) in [6.07, 6.45) is 1.10. The van der Waals surface area contributed by atoms with E-state index >= 15 is 0 Å². The fourth-order valence-electron chi connectivity index (χ4n) is 2.97. The van der Waals surface area contributed by atoms with Gasteiger partial charge in [-0.2, -0.15) is 0 Å². The minimum absolute atomic E-state index is 0.110. The first kappa shape index (κ1) is 18.7. The lowest BCUT2D eigenvalue weighted by atomic mass is 9.95. The highest BCUT2D eigenvalue weighted by Gasteiger charge is 2.28. The molecule has 2 aromatic carbocycles. The number of carbonyl (C=O) groups excluding carboxylic acids is 2. The van der Waals surface area contributed by atoms with Crippen molar-refractivity contribution in [1.82, 2.24) is 4.90 Å². The van der Waals surface area contributed by atoms with Gasteiger partial charge in [-0.25, -0.2) is 4.39 Å². The molecular formula is C19H17Cl2FN2O2. The summed E-state index contributed by atoms with van der Waals surface area (Å²) in [4.78, 5) is 26.5. The van der Waals surface area contributed by atoms with E-state index in [2.05, 4.69) is 5.32 Å². The molecule has 0 saturated carbocycles. The van der Waals surface area contributed by atoms with E-state index in [1.807, 2.05) is 0 Å². The summed E-state index contributed by atoms with van der Waals surface area (Å²) in [5.41, 5.74) is 0.909. The Morgan fingerprint density at radius 1 is 1.04 bits per heavy atom. The lowest BCUT2D eigenvalue weighted by Crippen LogP contribution is -2.41. The van der Waals surface area contributed by atoms with E-state index in [1.165, 1.54) is 18.2 Å². The Morgan fingerprint density at radius 2 is 1.77 bits per heavy atom. The van der Waals surface area contributed by atoms with E-state index in [9.17, 15) is 14.0 Å². The number of nitrogens with zero attached hydrogens (tertiary/aromatic N) is 1. The highest BCUT2D eigenvalue weighted by atomic mass is 35.5. The van der Waals surface area contributed by atoms with E-state index in [-0.39, 0.29) is 17.7 Å². The Hall–Kier alpha value is -2.11. The normalized spacial score (nSPS) is 15.0. The number of nitrogens with one attached hydrogen (secondary N) is 1. The molecule has 1 fully saturated rings. The molecule has 3 rings (SSSR count). The fraction of sp³-hybridized carbons (Fsp3) is 0.263. The maximum absolute atomic E-state index is 13.3. The average Bonchev–Trinajstić information content (AvgIpc) is 2.64. The Bertz CT molecular complexity index is 836. The van der Waals surface area contributed by atoms with E-state index < -0.39 is 5.82 Å². The molecule has 2 aromatic rings. The minimum atomic E-state index is -0.438. The second-order valence-electron chi connectivity index (χ2n) is 6.19. The SMILES string of the molecule is O=C(Nc1ccc(Cl)c(Cl)c1)C1CCN(C(=O)c2cccc(F)c2)CC1. The lowest BCUT2D eigenvalue weighted by Gasteiger charge is -2.31. The largest absolute Gasteiger partial charge is 0.339 e. The second-order valence-corrected chi connectivity index (χ2v) is 7.01. The number of rotatable bonds is 3. The molecular weight excluding hydrogens is 378 g/mol. The number of anilines is 1. The summed E-state index contributed by atoms with van der Waals surface area (Å²) in [5.74, 6) is -0.957. The summed E-state index contributed by atoms with van der Waals surface area (Å²) in [6.45, 7) is 0.906. The standard InChI is InChI=1S/C19H17Cl2FN2O2/c20-16-5-4-15(11-17(16)21)23-18(25)12-6-8-24(9-7-12)19(26)13-2-1-3-14(22)10-13/h1-5,10-12H,6-9H2,(H,23,25). The van der Waals surface area contributed by atoms with E-state index in [1.54, 1.807) is 29.2 Å². The molecule has 2 amide bonds. The van der Waals surface area contributed by atoms with E-state index in [0.29, 0.717) is 47.2 Å². The Balaban J connectivity index is 1.56. The van der Waals surface area contributed by atoms with Crippen LogP contribution in [0.15, 0.2) is 42.5 Å². The molecule has 0 atom stereocenters. The van der Waals surface area contributed by atoms with Crippen LogP contribution in [0.4, 0.5) is 10.1 Å². The maximum Gasteiger partial charge on any atom is 0.253 e. The molecule has 0 unspecified atom stereocenters. The lowest BCUT2D eigenvalue weighted by molar-refractivity contribution is -0.121. The van der Waals surface area contributed by atoms with Crippen molar-refractivity contribution in [1.29, 1.82) is 0 Å². The Morgan fingerprint density at radius 3 is 2.42 bits per heavy atom. The van der Waals surface area contributed by atoms with E-state index in [4.69, 9.17) is 23.2 Å². The molecule has 0 aromatic heterocycles. The van der Waals surface area contributed by atoms with Crippen molar-refractivity contribution >= 4 is 40.7 Å². The second kappa shape index (κ2) is 8.06. The summed E-state index contributed by atoms with van der Waals surface area (Å²) in [6, 6.07) is 10.6. The molecule has 7 heteroatoms. The predicted molar refractivity (Wildman–Crippen MR) is 100 cm³/mol. The number of piperidine rings is 1. The van der Waals surface area contributed by atoms with Crippen LogP contribution in [-0.4, -0.2) is 29.8 Å². The van der Waals surface area contributed by atoms with Crippen molar-refractivity contribution in [2.45, 2.75) is 12.8 Å². The van der Waals surface area contributed by atoms with Gasteiger partial charge in [0.15, 0.2) is 0 Å². The smallest absolute Gasteiger partial charge is 0.253 e. The number of halogens is 3. The van der Waals surface area contributed by atoms with Crippen LogP contribution in [0, 0.1) is 11.7 Å². The van der Waals surface area contributed by atoms with Gasteiger partial charge in [-0.05, 0) is 49.2 Å². The van der Waals surface area contributed by atoms with Gasteiger partial charge in [-0.3, -0.25) is 9.59 Å². The average molecular weight is 395 g/mol. The van der Waals surface area contributed by atoms with Crippen molar-refractivity contribution in [2.24, 2.45) is 5.92 Å². The topological polar surface area (TPSA) is 49.4 Å². The maximum atomic E-state index is 13.3. The summed E-state index contributed by atoms with van der Waals surface area (Å²) in [5, 5.41) is 3.63. The third-order valence-electron chi connectivity index (χ3n) is 4.41. The number of hydrogen-bond donors (Lipinski definition) is 1. The third kappa shape index (κ3) is 4.34. The Labute approximate surface area is 160 Å². The monoisotopic (exact) mass is 394 g/mol. The zero-order valence-corrected chi connectivity index (χ0v) is 15.4. The van der Waals surface area contributed by atoms with Gasteiger partial charge in [0.1, 0.15) is 5.82 Å². The summed E-state index contributed by atoms with van der Waals surface area (Å²) >= 11 is 11.8. The minimum Gasteiger partial charge on any atom is -0.339 e. The van der Waals surface area contributed by atoms with Gasteiger partial charge >= 0.3 is 0 Å². The fourth-order valence-corrected chi connectivity index (χ4v) is 3.27. The Kier molecular flexibility index (Phi) is 5.79. The van der Waals surface area contributed by atoms with Crippen molar-refractivity contribution < 1.29 is 14.0 Å². The van der Waals surface area contributed by atoms with Crippen molar-refractivity contribution in [2.75, 3.05) is 18.4 Å². The van der Waals surface area contributed by atoms with Gasteiger partial charge in [0.05, 0.1) is 10.0 Å². The molecule has 0 aliphatic carbocycles. The highest BCUT2D eigenvalue weighted by Crippen LogP contribution is 2.26. The van der Waals surface area contributed by atoms with Crippen LogP contribution in [0.5, 0.6) is 0 Å². The van der Waals surface area contributed by atoms with Crippen molar-refractivity contribution in [3.63, 3.8) is 0 Å². The number of likely N-dealkylation sites (tertiary alicyclic amines) is 1. The first-order chi connectivity index (χ1) is 12.4. The zero-order chi connectivity index (χ0) is 18.7. The first-order valence-electron chi connectivity index (χ1n) is 8.25. The van der Waals surface area contributed by atoms with Crippen LogP contribution in [0.3, 0.4) is 0 Å². The molecule has 0 radical (unpaired) electrons. The molecule has 0 bridgehead atoms. The molecule has 26 heavy (non-hydrogen) atoms. The third-order valence-corrected chi connectivity index (χ3v) is 5.15. The highest BCUT2D eigenvalue weighted by molar-refractivity contribution is 6.42. The van der Waals surface area contributed by atoms with Gasteiger partial charge in [-0.1, -0.05) is 29.3 Å². The summed E-state index contributed by atoms with van der Waals surface area (Å²) < 4.78 is 13.3. The molecule has 1 aliphatic heterocycles. The van der Waals surface area contributed by atoms with Crippen LogP contribution in [0.1, 0.15) is 23.2 Å². The van der Waals surface area contributed by atoms with Gasteiger partial charge in [-0.15, -0.1) is 0 Å².